The van der Waals surface area contributed by atoms with E-state index in [9.17, 15) is 4.79 Å². The topological polar surface area (TPSA) is 84.7 Å². The highest BCUT2D eigenvalue weighted by molar-refractivity contribution is 7.80. The van der Waals surface area contributed by atoms with E-state index in [4.69, 9.17) is 12.2 Å². The molecule has 1 aromatic rings. The Morgan fingerprint density at radius 1 is 1.32 bits per heavy atom. The van der Waals surface area contributed by atoms with Crippen LogP contribution in [0, 0.1) is 0 Å². The van der Waals surface area contributed by atoms with Crippen LogP contribution < -0.4 is 10.6 Å². The van der Waals surface area contributed by atoms with Gasteiger partial charge in [-0.05, 0) is 30.3 Å². The molecular formula is C11H20N6OS. The van der Waals surface area contributed by atoms with Gasteiger partial charge in [-0.2, -0.15) is 4.80 Å². The van der Waals surface area contributed by atoms with E-state index >= 15 is 0 Å². The third-order valence-electron chi connectivity index (χ3n) is 2.40. The van der Waals surface area contributed by atoms with Gasteiger partial charge in [0.2, 0.25) is 5.91 Å². The molecule has 1 rings (SSSR count). The van der Waals surface area contributed by atoms with Crippen LogP contribution in [-0.2, 0) is 11.3 Å². The summed E-state index contributed by atoms with van der Waals surface area (Å²) in [5.41, 5.74) is 0. The number of unbranched alkanes of at least 4 members (excludes halogenated alkanes) is 2. The Balaban J connectivity index is 2.35. The molecular weight excluding hydrogens is 264 g/mol. The number of nitrogens with zero attached hydrogens (tertiary/aromatic N) is 4. The van der Waals surface area contributed by atoms with Gasteiger partial charge in [0.1, 0.15) is 0 Å². The van der Waals surface area contributed by atoms with Gasteiger partial charge in [0.15, 0.2) is 5.11 Å². The van der Waals surface area contributed by atoms with Crippen LogP contribution in [0.1, 0.15) is 46.0 Å². The third kappa shape index (κ3) is 6.23. The summed E-state index contributed by atoms with van der Waals surface area (Å²) in [4.78, 5) is 13.0. The Bertz CT molecular complexity index is 419. The Kier molecular flexibility index (Phi) is 6.94. The molecule has 1 heterocycles. The first-order valence-electron chi connectivity index (χ1n) is 6.54. The minimum atomic E-state index is -0.0993. The number of anilines is 1. The Hall–Kier alpha value is -1.57. The maximum absolute atomic E-state index is 11.4. The van der Waals surface area contributed by atoms with E-state index < -0.39 is 0 Å². The monoisotopic (exact) mass is 284 g/mol. The van der Waals surface area contributed by atoms with Gasteiger partial charge in [-0.25, -0.2) is 0 Å². The summed E-state index contributed by atoms with van der Waals surface area (Å²) in [7, 11) is 0. The molecule has 8 heteroatoms. The zero-order valence-electron chi connectivity index (χ0n) is 11.3. The molecule has 0 bridgehead atoms. The molecule has 106 valence electrons. The van der Waals surface area contributed by atoms with Gasteiger partial charge in [-0.15, -0.1) is 5.10 Å². The number of hydrogen-bond acceptors (Lipinski definition) is 5. The molecule has 0 aliphatic carbocycles. The molecule has 2 N–H and O–H groups in total. The fourth-order valence-corrected chi connectivity index (χ4v) is 1.55. The van der Waals surface area contributed by atoms with Crippen LogP contribution >= 0.6 is 12.2 Å². The molecule has 0 aromatic carbocycles. The number of hydrogen-bond donors (Lipinski definition) is 2. The van der Waals surface area contributed by atoms with Gasteiger partial charge in [0.05, 0.1) is 6.54 Å². The molecule has 0 radical (unpaired) electrons. The van der Waals surface area contributed by atoms with Crippen molar-refractivity contribution in [3.63, 3.8) is 0 Å². The lowest BCUT2D eigenvalue weighted by atomic mass is 10.2. The lowest BCUT2D eigenvalue weighted by molar-refractivity contribution is -0.119. The summed E-state index contributed by atoms with van der Waals surface area (Å²) < 4.78 is 0. The normalized spacial score (nSPS) is 10.2. The molecule has 0 saturated heterocycles. The minimum Gasteiger partial charge on any atom is -0.303 e. The SMILES string of the molecule is CCCCC(=O)NC(=S)Nc1nnn(CCCC)n1. The molecule has 0 aliphatic rings. The molecule has 1 aromatic heterocycles. The van der Waals surface area contributed by atoms with Crippen molar-refractivity contribution in [3.8, 4) is 0 Å². The second-order valence-corrected chi connectivity index (χ2v) is 4.58. The zero-order chi connectivity index (χ0) is 14.1. The highest BCUT2D eigenvalue weighted by Gasteiger charge is 2.07. The van der Waals surface area contributed by atoms with Crippen molar-refractivity contribution in [1.82, 2.24) is 25.5 Å². The van der Waals surface area contributed by atoms with Crippen LogP contribution in [0.4, 0.5) is 5.95 Å². The number of rotatable bonds is 7. The van der Waals surface area contributed by atoms with Gasteiger partial charge in [-0.1, -0.05) is 31.8 Å². The minimum absolute atomic E-state index is 0.0993. The van der Waals surface area contributed by atoms with Crippen LogP contribution in [0.5, 0.6) is 0 Å². The van der Waals surface area contributed by atoms with E-state index in [1.165, 1.54) is 4.80 Å². The molecule has 0 saturated carbocycles. The van der Waals surface area contributed by atoms with E-state index in [1.54, 1.807) is 0 Å². The fraction of sp³-hybridized carbons (Fsp3) is 0.727. The van der Waals surface area contributed by atoms with E-state index in [0.717, 1.165) is 32.2 Å². The van der Waals surface area contributed by atoms with Gasteiger partial charge in [0, 0.05) is 6.42 Å². The number of aryl methyl sites for hydroxylation is 1. The van der Waals surface area contributed by atoms with Crippen molar-refractivity contribution in [2.45, 2.75) is 52.5 Å². The lowest BCUT2D eigenvalue weighted by Gasteiger charge is -2.05. The molecule has 0 atom stereocenters. The Morgan fingerprint density at radius 3 is 2.74 bits per heavy atom. The van der Waals surface area contributed by atoms with E-state index in [1.807, 2.05) is 6.92 Å². The van der Waals surface area contributed by atoms with Crippen LogP contribution in [0.3, 0.4) is 0 Å². The maximum atomic E-state index is 11.4. The molecule has 0 spiro atoms. The average Bonchev–Trinajstić information content (AvgIpc) is 2.81. The number of carbonyl (C=O) groups is 1. The van der Waals surface area contributed by atoms with Crippen LogP contribution in [0.2, 0.25) is 0 Å². The predicted octanol–water partition coefficient (Wildman–Crippen LogP) is 1.48. The first-order valence-corrected chi connectivity index (χ1v) is 6.95. The number of carbonyl (C=O) groups excluding carboxylic acids is 1. The molecule has 0 unspecified atom stereocenters. The summed E-state index contributed by atoms with van der Waals surface area (Å²) in [6, 6.07) is 0. The quantitative estimate of drug-likeness (QED) is 0.738. The van der Waals surface area contributed by atoms with E-state index in [2.05, 4.69) is 33.0 Å². The Labute approximate surface area is 118 Å². The van der Waals surface area contributed by atoms with E-state index in [0.29, 0.717) is 12.4 Å². The molecule has 7 nitrogen and oxygen atoms in total. The van der Waals surface area contributed by atoms with E-state index in [-0.39, 0.29) is 11.0 Å². The molecule has 19 heavy (non-hydrogen) atoms. The van der Waals surface area contributed by atoms with Gasteiger partial charge in [-0.3, -0.25) is 10.1 Å². The summed E-state index contributed by atoms with van der Waals surface area (Å²) >= 11 is 5.00. The second kappa shape index (κ2) is 8.52. The van der Waals surface area contributed by atoms with Crippen molar-refractivity contribution in [3.05, 3.63) is 0 Å². The van der Waals surface area contributed by atoms with Gasteiger partial charge >= 0.3 is 0 Å². The zero-order valence-corrected chi connectivity index (χ0v) is 12.2. The van der Waals surface area contributed by atoms with Crippen LogP contribution in [0.15, 0.2) is 0 Å². The highest BCUT2D eigenvalue weighted by Crippen LogP contribution is 1.97. The van der Waals surface area contributed by atoms with Crippen molar-refractivity contribution < 1.29 is 4.79 Å². The third-order valence-corrected chi connectivity index (χ3v) is 2.60. The van der Waals surface area contributed by atoms with Gasteiger partial charge < -0.3 is 5.32 Å². The smallest absolute Gasteiger partial charge is 0.269 e. The Morgan fingerprint density at radius 2 is 2.05 bits per heavy atom. The standard InChI is InChI=1S/C11H20N6OS/c1-3-5-7-9(18)12-11(19)13-10-14-16-17(15-10)8-6-4-2/h3-8H2,1-2H3,(H2,12,13,15,18,19). The summed E-state index contributed by atoms with van der Waals surface area (Å²) in [5, 5.41) is 17.3. The van der Waals surface area contributed by atoms with Crippen LogP contribution in [-0.4, -0.2) is 31.2 Å². The second-order valence-electron chi connectivity index (χ2n) is 4.17. The number of aromatic nitrogens is 4. The van der Waals surface area contributed by atoms with Crippen molar-refractivity contribution in [1.29, 1.82) is 0 Å². The number of tetrazole rings is 1. The maximum Gasteiger partial charge on any atom is 0.269 e. The first kappa shape index (κ1) is 15.5. The number of amides is 1. The summed E-state index contributed by atoms with van der Waals surface area (Å²) in [5.74, 6) is 0.203. The fourth-order valence-electron chi connectivity index (χ4n) is 1.35. The molecule has 0 aliphatic heterocycles. The summed E-state index contributed by atoms with van der Waals surface area (Å²) in [6.45, 7) is 4.85. The molecule has 1 amide bonds. The van der Waals surface area contributed by atoms with Crippen LogP contribution in [0.25, 0.3) is 0 Å². The average molecular weight is 284 g/mol. The highest BCUT2D eigenvalue weighted by atomic mass is 32.1. The number of nitrogens with one attached hydrogen (secondary N) is 2. The van der Waals surface area contributed by atoms with Gasteiger partial charge in [0.25, 0.3) is 5.95 Å². The largest absolute Gasteiger partial charge is 0.303 e. The summed E-state index contributed by atoms with van der Waals surface area (Å²) in [6.07, 6.45) is 4.35. The molecule has 0 fully saturated rings. The predicted molar refractivity (Wildman–Crippen MR) is 76.6 cm³/mol. The lowest BCUT2D eigenvalue weighted by Crippen LogP contribution is -2.34. The first-order chi connectivity index (χ1) is 9.15. The van der Waals surface area contributed by atoms with Crippen molar-refractivity contribution >= 4 is 29.2 Å². The number of thiocarbonyl (C=S) groups is 1. The van der Waals surface area contributed by atoms with Crippen molar-refractivity contribution in [2.24, 2.45) is 0 Å². The van der Waals surface area contributed by atoms with Crippen molar-refractivity contribution in [2.75, 3.05) is 5.32 Å².